The molecule has 0 aromatic carbocycles. The number of alkyl halides is 1. The highest BCUT2D eigenvalue weighted by Crippen LogP contribution is 2.22. The summed E-state index contributed by atoms with van der Waals surface area (Å²) in [5.74, 6) is 0. The fourth-order valence-electron chi connectivity index (χ4n) is 0.648. The quantitative estimate of drug-likeness (QED) is 0.615. The number of hydrogen-bond acceptors (Lipinski definition) is 1. The van der Waals surface area contributed by atoms with Crippen molar-refractivity contribution in [2.45, 2.75) is 26.9 Å². The zero-order valence-electron chi connectivity index (χ0n) is 6.57. The normalized spacial score (nSPS) is 15.7. The van der Waals surface area contributed by atoms with Crippen molar-refractivity contribution >= 4 is 15.9 Å². The first-order valence-corrected chi connectivity index (χ1v) is 4.23. The molecule has 0 aromatic heterocycles. The molecule has 1 unspecified atom stereocenters. The highest BCUT2D eigenvalue weighted by molar-refractivity contribution is 9.09. The second-order valence-corrected chi connectivity index (χ2v) is 3.89. The van der Waals surface area contributed by atoms with Gasteiger partial charge < -0.3 is 4.74 Å². The number of rotatable bonds is 2. The van der Waals surface area contributed by atoms with Crippen LogP contribution < -0.4 is 0 Å². The Balaban J connectivity index is 3.79. The Morgan fingerprint density at radius 1 is 1.44 bits per heavy atom. The molecule has 1 nitrogen and oxygen atoms in total. The van der Waals surface area contributed by atoms with E-state index in [4.69, 9.17) is 4.74 Å². The highest BCUT2D eigenvalue weighted by atomic mass is 79.9. The molecule has 2 heteroatoms. The van der Waals surface area contributed by atoms with E-state index in [9.17, 15) is 0 Å². The molecule has 0 heterocycles. The molecule has 0 spiro atoms. The van der Waals surface area contributed by atoms with Gasteiger partial charge in [-0.25, -0.2) is 0 Å². The zero-order chi connectivity index (χ0) is 7.49. The van der Waals surface area contributed by atoms with Gasteiger partial charge in [0.05, 0.1) is 6.10 Å². The molecule has 0 radical (unpaired) electrons. The molecule has 0 bridgehead atoms. The summed E-state index contributed by atoms with van der Waals surface area (Å²) >= 11 is 3.39. The van der Waals surface area contributed by atoms with Crippen LogP contribution in [-0.2, 0) is 4.74 Å². The minimum atomic E-state index is 0.248. The van der Waals surface area contributed by atoms with Gasteiger partial charge in [-0.1, -0.05) is 36.7 Å². The highest BCUT2D eigenvalue weighted by Gasteiger charge is 2.22. The van der Waals surface area contributed by atoms with Gasteiger partial charge in [0.2, 0.25) is 0 Å². The third-order valence-corrected chi connectivity index (χ3v) is 1.98. The fraction of sp³-hybridized carbons (Fsp3) is 1.00. The van der Waals surface area contributed by atoms with Gasteiger partial charge in [-0.15, -0.1) is 0 Å². The van der Waals surface area contributed by atoms with Crippen molar-refractivity contribution in [3.63, 3.8) is 0 Å². The third-order valence-electron chi connectivity index (χ3n) is 1.39. The van der Waals surface area contributed by atoms with Crippen LogP contribution in [-0.4, -0.2) is 18.5 Å². The second-order valence-electron chi connectivity index (χ2n) is 3.24. The predicted molar refractivity (Wildman–Crippen MR) is 44.0 cm³/mol. The van der Waals surface area contributed by atoms with E-state index in [1.807, 2.05) is 0 Å². The summed E-state index contributed by atoms with van der Waals surface area (Å²) in [5.41, 5.74) is 0.248. The van der Waals surface area contributed by atoms with Crippen LogP contribution in [0.25, 0.3) is 0 Å². The van der Waals surface area contributed by atoms with E-state index in [-0.39, 0.29) is 5.41 Å². The van der Waals surface area contributed by atoms with Crippen LogP contribution in [0, 0.1) is 5.41 Å². The first kappa shape index (κ1) is 9.44. The summed E-state index contributed by atoms with van der Waals surface area (Å²) in [7, 11) is 1.75. The summed E-state index contributed by atoms with van der Waals surface area (Å²) in [6.45, 7) is 6.51. The smallest absolute Gasteiger partial charge is 0.0716 e. The van der Waals surface area contributed by atoms with Crippen LogP contribution in [0.4, 0.5) is 0 Å². The number of methoxy groups -OCH3 is 1. The standard InChI is InChI=1S/C7H15BrO/c1-7(2,3)6(5-8)9-4/h6H,5H2,1-4H3. The molecule has 0 saturated carbocycles. The second kappa shape index (κ2) is 3.57. The zero-order valence-corrected chi connectivity index (χ0v) is 8.16. The average Bonchev–Trinajstić information content (AvgIpc) is 1.65. The van der Waals surface area contributed by atoms with Gasteiger partial charge >= 0.3 is 0 Å². The lowest BCUT2D eigenvalue weighted by molar-refractivity contribution is 0.0360. The molecule has 0 saturated heterocycles. The van der Waals surface area contributed by atoms with E-state index in [0.29, 0.717) is 6.10 Å². The molecule has 0 amide bonds. The lowest BCUT2D eigenvalue weighted by Gasteiger charge is -2.27. The van der Waals surface area contributed by atoms with Crippen LogP contribution in [0.1, 0.15) is 20.8 Å². The van der Waals surface area contributed by atoms with Crippen LogP contribution in [0.2, 0.25) is 0 Å². The van der Waals surface area contributed by atoms with Gasteiger partial charge in [0.15, 0.2) is 0 Å². The Kier molecular flexibility index (Phi) is 3.74. The van der Waals surface area contributed by atoms with Crippen LogP contribution >= 0.6 is 15.9 Å². The first-order chi connectivity index (χ1) is 4.02. The van der Waals surface area contributed by atoms with E-state index in [0.717, 1.165) is 5.33 Å². The molecule has 1 atom stereocenters. The molecule has 0 aromatic rings. The molecule has 0 N–H and O–H groups in total. The molecule has 0 aliphatic rings. The van der Waals surface area contributed by atoms with Crippen LogP contribution in [0.3, 0.4) is 0 Å². The molecule has 56 valence electrons. The van der Waals surface area contributed by atoms with E-state index >= 15 is 0 Å². The number of hydrogen-bond donors (Lipinski definition) is 0. The predicted octanol–water partition coefficient (Wildman–Crippen LogP) is 2.44. The molecular weight excluding hydrogens is 180 g/mol. The first-order valence-electron chi connectivity index (χ1n) is 3.11. The van der Waals surface area contributed by atoms with Crippen LogP contribution in [0.15, 0.2) is 0 Å². The topological polar surface area (TPSA) is 9.23 Å². The molecule has 0 aliphatic carbocycles. The minimum Gasteiger partial charge on any atom is -0.380 e. The number of halogens is 1. The molecule has 0 rings (SSSR count). The van der Waals surface area contributed by atoms with Crippen molar-refractivity contribution in [2.24, 2.45) is 5.41 Å². The Morgan fingerprint density at radius 3 is 1.89 bits per heavy atom. The van der Waals surface area contributed by atoms with Crippen molar-refractivity contribution in [1.29, 1.82) is 0 Å². The largest absolute Gasteiger partial charge is 0.380 e. The SMILES string of the molecule is COC(CBr)C(C)(C)C. The summed E-state index contributed by atoms with van der Waals surface area (Å²) < 4.78 is 5.22. The Bertz CT molecular complexity index is 71.5. The van der Waals surface area contributed by atoms with Gasteiger partial charge in [-0.2, -0.15) is 0 Å². The monoisotopic (exact) mass is 194 g/mol. The summed E-state index contributed by atoms with van der Waals surface area (Å²) in [6, 6.07) is 0. The van der Waals surface area contributed by atoms with E-state index in [1.54, 1.807) is 7.11 Å². The van der Waals surface area contributed by atoms with E-state index < -0.39 is 0 Å². The maximum Gasteiger partial charge on any atom is 0.0716 e. The Morgan fingerprint density at radius 2 is 1.89 bits per heavy atom. The maximum atomic E-state index is 5.22. The van der Waals surface area contributed by atoms with E-state index in [1.165, 1.54) is 0 Å². The van der Waals surface area contributed by atoms with Crippen molar-refractivity contribution in [3.05, 3.63) is 0 Å². The fourth-order valence-corrected chi connectivity index (χ4v) is 1.88. The maximum absolute atomic E-state index is 5.22. The Labute approximate surface area is 65.9 Å². The summed E-state index contributed by atoms with van der Waals surface area (Å²) in [5, 5.41) is 0.910. The van der Waals surface area contributed by atoms with Gasteiger partial charge in [0.25, 0.3) is 0 Å². The van der Waals surface area contributed by atoms with Crippen molar-refractivity contribution < 1.29 is 4.74 Å². The van der Waals surface area contributed by atoms with Crippen molar-refractivity contribution in [2.75, 3.05) is 12.4 Å². The minimum absolute atomic E-state index is 0.248. The van der Waals surface area contributed by atoms with Gasteiger partial charge in [-0.3, -0.25) is 0 Å². The lowest BCUT2D eigenvalue weighted by Crippen LogP contribution is -2.29. The van der Waals surface area contributed by atoms with E-state index in [2.05, 4.69) is 36.7 Å². The molecular formula is C7H15BrO. The third kappa shape index (κ3) is 3.21. The van der Waals surface area contributed by atoms with Gasteiger partial charge in [0.1, 0.15) is 0 Å². The van der Waals surface area contributed by atoms with Gasteiger partial charge in [0, 0.05) is 12.4 Å². The molecule has 9 heavy (non-hydrogen) atoms. The lowest BCUT2D eigenvalue weighted by atomic mass is 9.90. The summed E-state index contributed by atoms with van der Waals surface area (Å²) in [4.78, 5) is 0. The Hall–Kier alpha value is 0.440. The summed E-state index contributed by atoms with van der Waals surface area (Å²) in [6.07, 6.45) is 0.317. The molecule has 0 aliphatic heterocycles. The number of ether oxygens (including phenoxy) is 1. The average molecular weight is 195 g/mol. The molecule has 0 fully saturated rings. The van der Waals surface area contributed by atoms with Crippen LogP contribution in [0.5, 0.6) is 0 Å². The van der Waals surface area contributed by atoms with Crippen molar-refractivity contribution in [3.8, 4) is 0 Å². The van der Waals surface area contributed by atoms with Gasteiger partial charge in [-0.05, 0) is 5.41 Å². The van der Waals surface area contributed by atoms with Crippen molar-refractivity contribution in [1.82, 2.24) is 0 Å².